The number of Topliss-reactive ketones (excluding diaryl/α,β-unsaturated/α-hetero) is 1. The largest absolute Gasteiger partial charge is 0.504 e. The fourth-order valence-electron chi connectivity index (χ4n) is 4.59. The number of phenols is 1. The lowest BCUT2D eigenvalue weighted by molar-refractivity contribution is -0.136. The molecule has 2 aromatic carbocycles. The Morgan fingerprint density at radius 2 is 1.81 bits per heavy atom. The molecule has 160 valence electrons. The van der Waals surface area contributed by atoms with E-state index in [-0.39, 0.29) is 23.2 Å². The second kappa shape index (κ2) is 8.30. The van der Waals surface area contributed by atoms with Crippen LogP contribution in [0.1, 0.15) is 42.7 Å². The summed E-state index contributed by atoms with van der Waals surface area (Å²) in [5.74, 6) is -0.746. The maximum absolute atomic E-state index is 13.4. The summed E-state index contributed by atoms with van der Waals surface area (Å²) in [6, 6.07) is 14.9. The molecule has 0 saturated heterocycles. The Morgan fingerprint density at radius 1 is 1.06 bits per heavy atom. The molecule has 0 saturated carbocycles. The molecule has 0 bridgehead atoms. The molecule has 1 heterocycles. The van der Waals surface area contributed by atoms with Gasteiger partial charge in [0.25, 0.3) is 0 Å². The van der Waals surface area contributed by atoms with Crippen molar-refractivity contribution < 1.29 is 24.2 Å². The molecule has 1 aliphatic carbocycles. The zero-order valence-electron chi connectivity index (χ0n) is 17.8. The lowest BCUT2D eigenvalue weighted by Gasteiger charge is -2.36. The number of ketones is 1. The van der Waals surface area contributed by atoms with E-state index in [0.717, 1.165) is 11.3 Å². The van der Waals surface area contributed by atoms with Gasteiger partial charge in [0.05, 0.1) is 19.8 Å². The maximum Gasteiger partial charge on any atom is 0.336 e. The minimum Gasteiger partial charge on any atom is -0.504 e. The van der Waals surface area contributed by atoms with Crippen LogP contribution in [0.15, 0.2) is 71.1 Å². The Hall–Kier alpha value is -3.54. The monoisotopic (exact) mass is 419 g/mol. The lowest BCUT2D eigenvalue weighted by atomic mass is 9.71. The first-order chi connectivity index (χ1) is 14.9. The van der Waals surface area contributed by atoms with Crippen LogP contribution in [0.2, 0.25) is 0 Å². The van der Waals surface area contributed by atoms with Crippen molar-refractivity contribution in [2.75, 3.05) is 14.2 Å². The van der Waals surface area contributed by atoms with Crippen molar-refractivity contribution in [2.45, 2.75) is 31.6 Å². The van der Waals surface area contributed by atoms with E-state index in [1.165, 1.54) is 20.3 Å². The summed E-state index contributed by atoms with van der Waals surface area (Å²) in [5.41, 5.74) is 4.25. The van der Waals surface area contributed by atoms with Crippen molar-refractivity contribution in [3.05, 3.63) is 82.2 Å². The highest BCUT2D eigenvalue weighted by Gasteiger charge is 2.41. The Bertz CT molecular complexity index is 1100. The van der Waals surface area contributed by atoms with Crippen LogP contribution in [0.25, 0.3) is 0 Å². The standard InChI is InChI=1S/C25H25NO5/c1-14-22(25(29)31-3)23(16-9-10-19(27)21(13-16)30-2)24-18(26-14)11-17(12-20(24)28)15-7-5-4-6-8-15/h4-10,13,17,23,26-27H,11-12H2,1-3H3/t17-,23-/m0/s1. The van der Waals surface area contributed by atoms with Crippen molar-refractivity contribution >= 4 is 11.8 Å². The number of methoxy groups -OCH3 is 2. The number of carbonyl (C=O) groups excluding carboxylic acids is 2. The van der Waals surface area contributed by atoms with Gasteiger partial charge in [-0.1, -0.05) is 36.4 Å². The fraction of sp³-hybridized carbons (Fsp3) is 0.280. The number of ether oxygens (including phenoxy) is 2. The Morgan fingerprint density at radius 3 is 2.48 bits per heavy atom. The molecule has 0 radical (unpaired) electrons. The molecule has 0 aromatic heterocycles. The van der Waals surface area contributed by atoms with Crippen LogP contribution in [0.5, 0.6) is 11.5 Å². The third kappa shape index (κ3) is 3.69. The number of benzene rings is 2. The van der Waals surface area contributed by atoms with Crippen LogP contribution in [0, 0.1) is 0 Å². The highest BCUT2D eigenvalue weighted by atomic mass is 16.5. The maximum atomic E-state index is 13.4. The predicted molar refractivity (Wildman–Crippen MR) is 116 cm³/mol. The fourth-order valence-corrected chi connectivity index (χ4v) is 4.59. The van der Waals surface area contributed by atoms with Crippen molar-refractivity contribution in [3.63, 3.8) is 0 Å². The molecule has 4 rings (SSSR count). The van der Waals surface area contributed by atoms with Gasteiger partial charge >= 0.3 is 5.97 Å². The summed E-state index contributed by atoms with van der Waals surface area (Å²) in [6.45, 7) is 1.82. The Balaban J connectivity index is 1.84. The van der Waals surface area contributed by atoms with Gasteiger partial charge in [-0.3, -0.25) is 4.79 Å². The van der Waals surface area contributed by atoms with Gasteiger partial charge in [0.2, 0.25) is 0 Å². The van der Waals surface area contributed by atoms with E-state index in [2.05, 4.69) is 5.32 Å². The Labute approximate surface area is 181 Å². The first-order valence-electron chi connectivity index (χ1n) is 10.2. The normalized spacial score (nSPS) is 20.8. The number of hydrogen-bond acceptors (Lipinski definition) is 6. The molecule has 2 aromatic rings. The highest BCUT2D eigenvalue weighted by molar-refractivity contribution is 6.04. The summed E-state index contributed by atoms with van der Waals surface area (Å²) in [5, 5.41) is 13.3. The summed E-state index contributed by atoms with van der Waals surface area (Å²) in [4.78, 5) is 26.1. The third-order valence-electron chi connectivity index (χ3n) is 6.04. The molecule has 0 spiro atoms. The highest BCUT2D eigenvalue weighted by Crippen LogP contribution is 2.46. The molecule has 0 fully saturated rings. The number of allylic oxidation sites excluding steroid dienone is 3. The molecule has 31 heavy (non-hydrogen) atoms. The quantitative estimate of drug-likeness (QED) is 0.731. The zero-order chi connectivity index (χ0) is 22.1. The first-order valence-corrected chi connectivity index (χ1v) is 10.2. The average molecular weight is 419 g/mol. The number of rotatable bonds is 4. The molecule has 6 nitrogen and oxygen atoms in total. The number of dihydropyridines is 1. The second-order valence-electron chi connectivity index (χ2n) is 7.85. The van der Waals surface area contributed by atoms with E-state index in [9.17, 15) is 14.7 Å². The van der Waals surface area contributed by atoms with Crippen LogP contribution >= 0.6 is 0 Å². The van der Waals surface area contributed by atoms with E-state index in [4.69, 9.17) is 9.47 Å². The average Bonchev–Trinajstić information content (AvgIpc) is 2.78. The number of hydrogen-bond donors (Lipinski definition) is 2. The van der Waals surface area contributed by atoms with Crippen LogP contribution < -0.4 is 10.1 Å². The molecular formula is C25H25NO5. The van der Waals surface area contributed by atoms with Gasteiger partial charge in [-0.15, -0.1) is 0 Å². The summed E-state index contributed by atoms with van der Waals surface area (Å²) < 4.78 is 10.3. The number of esters is 1. The molecule has 1 aliphatic heterocycles. The minimum absolute atomic E-state index is 0.00572. The van der Waals surface area contributed by atoms with Gasteiger partial charge in [0.15, 0.2) is 17.3 Å². The van der Waals surface area contributed by atoms with Crippen molar-refractivity contribution in [2.24, 2.45) is 0 Å². The number of nitrogens with one attached hydrogen (secondary N) is 1. The van der Waals surface area contributed by atoms with Gasteiger partial charge < -0.3 is 19.9 Å². The van der Waals surface area contributed by atoms with Crippen molar-refractivity contribution in [3.8, 4) is 11.5 Å². The van der Waals surface area contributed by atoms with Gasteiger partial charge in [-0.05, 0) is 42.5 Å². The van der Waals surface area contributed by atoms with Gasteiger partial charge in [0.1, 0.15) is 0 Å². The molecule has 0 unspecified atom stereocenters. The predicted octanol–water partition coefficient (Wildman–Crippen LogP) is 3.94. The number of phenolic OH excluding ortho intramolecular Hbond substituents is 1. The minimum atomic E-state index is -0.595. The van der Waals surface area contributed by atoms with E-state index >= 15 is 0 Å². The molecule has 2 aliphatic rings. The third-order valence-corrected chi connectivity index (χ3v) is 6.04. The van der Waals surface area contributed by atoms with E-state index in [1.807, 2.05) is 37.3 Å². The first kappa shape index (κ1) is 20.7. The lowest BCUT2D eigenvalue weighted by Crippen LogP contribution is -2.36. The van der Waals surface area contributed by atoms with Crippen LogP contribution in [-0.4, -0.2) is 31.1 Å². The van der Waals surface area contributed by atoms with Gasteiger partial charge in [-0.25, -0.2) is 4.79 Å². The summed E-state index contributed by atoms with van der Waals surface area (Å²) in [6.07, 6.45) is 1.03. The van der Waals surface area contributed by atoms with E-state index in [0.29, 0.717) is 35.2 Å². The van der Waals surface area contributed by atoms with Gasteiger partial charge in [-0.2, -0.15) is 0 Å². The molecule has 2 N–H and O–H groups in total. The van der Waals surface area contributed by atoms with E-state index in [1.54, 1.807) is 12.1 Å². The van der Waals surface area contributed by atoms with Crippen molar-refractivity contribution in [1.82, 2.24) is 5.32 Å². The Kier molecular flexibility index (Phi) is 5.55. The topological polar surface area (TPSA) is 84.9 Å². The van der Waals surface area contributed by atoms with Crippen molar-refractivity contribution in [1.29, 1.82) is 0 Å². The second-order valence-corrected chi connectivity index (χ2v) is 7.85. The summed E-state index contributed by atoms with van der Waals surface area (Å²) in [7, 11) is 2.79. The number of aromatic hydroxyl groups is 1. The molecule has 2 atom stereocenters. The van der Waals surface area contributed by atoms with Crippen LogP contribution in [0.3, 0.4) is 0 Å². The SMILES string of the molecule is COC(=O)C1=C(C)NC2=C(C(=O)C[C@@H](c3ccccc3)C2)[C@H]1c1ccc(O)c(OC)c1. The smallest absolute Gasteiger partial charge is 0.336 e. The van der Waals surface area contributed by atoms with Crippen LogP contribution in [-0.2, 0) is 14.3 Å². The molecular weight excluding hydrogens is 394 g/mol. The summed E-state index contributed by atoms with van der Waals surface area (Å²) >= 11 is 0. The molecule has 0 amide bonds. The van der Waals surface area contributed by atoms with Crippen LogP contribution in [0.4, 0.5) is 0 Å². The zero-order valence-corrected chi connectivity index (χ0v) is 17.8. The van der Waals surface area contributed by atoms with E-state index < -0.39 is 11.9 Å². The number of carbonyl (C=O) groups is 2. The molecule has 6 heteroatoms. The van der Waals surface area contributed by atoms with Gasteiger partial charge in [0, 0.05) is 29.3 Å².